The molecule has 0 fully saturated rings. The van der Waals surface area contributed by atoms with E-state index in [0.29, 0.717) is 25.9 Å². The lowest BCUT2D eigenvalue weighted by molar-refractivity contribution is -0.140. The molecule has 4 nitrogen and oxygen atoms in total. The van der Waals surface area contributed by atoms with E-state index in [1.165, 1.54) is 0 Å². The van der Waals surface area contributed by atoms with E-state index in [1.54, 1.807) is 4.90 Å². The van der Waals surface area contributed by atoms with Crippen LogP contribution in [0.2, 0.25) is 0 Å². The number of hydrogen-bond acceptors (Lipinski definition) is 2. The van der Waals surface area contributed by atoms with Gasteiger partial charge >= 0.3 is 0 Å². The average molecular weight is 381 g/mol. The minimum atomic E-state index is -0.474. The van der Waals surface area contributed by atoms with Crippen LogP contribution >= 0.6 is 0 Å². The van der Waals surface area contributed by atoms with Crippen molar-refractivity contribution in [2.24, 2.45) is 0 Å². The molecular formula is C24H32N2O2. The van der Waals surface area contributed by atoms with Crippen molar-refractivity contribution in [1.29, 1.82) is 0 Å². The van der Waals surface area contributed by atoms with Crippen LogP contribution in [-0.2, 0) is 22.6 Å². The lowest BCUT2D eigenvalue weighted by Crippen LogP contribution is -2.49. The Kier molecular flexibility index (Phi) is 7.80. The van der Waals surface area contributed by atoms with Crippen molar-refractivity contribution in [1.82, 2.24) is 10.2 Å². The number of rotatable bonds is 8. The van der Waals surface area contributed by atoms with Crippen molar-refractivity contribution >= 4 is 11.8 Å². The first-order chi connectivity index (χ1) is 13.3. The number of hydrogen-bond donors (Lipinski definition) is 1. The number of carbonyl (C=O) groups excluding carboxylic acids is 2. The molecule has 2 rings (SSSR count). The molecule has 4 heteroatoms. The van der Waals surface area contributed by atoms with E-state index in [4.69, 9.17) is 0 Å². The van der Waals surface area contributed by atoms with Crippen LogP contribution in [0.15, 0.2) is 42.5 Å². The van der Waals surface area contributed by atoms with Gasteiger partial charge in [0.2, 0.25) is 11.8 Å². The van der Waals surface area contributed by atoms with Gasteiger partial charge in [-0.2, -0.15) is 0 Å². The molecule has 1 N–H and O–H groups in total. The Balaban J connectivity index is 2.33. The second kappa shape index (κ2) is 10.1. The number of aryl methyl sites for hydroxylation is 3. The molecule has 0 heterocycles. The number of benzene rings is 2. The third-order valence-electron chi connectivity index (χ3n) is 4.98. The molecule has 0 saturated carbocycles. The van der Waals surface area contributed by atoms with Gasteiger partial charge < -0.3 is 10.2 Å². The van der Waals surface area contributed by atoms with E-state index in [9.17, 15) is 9.59 Å². The van der Waals surface area contributed by atoms with E-state index >= 15 is 0 Å². The summed E-state index contributed by atoms with van der Waals surface area (Å²) in [6.07, 6.45) is 0.876. The molecule has 2 aromatic rings. The van der Waals surface area contributed by atoms with E-state index in [2.05, 4.69) is 11.4 Å². The topological polar surface area (TPSA) is 49.4 Å². The smallest absolute Gasteiger partial charge is 0.242 e. The van der Waals surface area contributed by atoms with Crippen molar-refractivity contribution in [2.45, 2.75) is 60.0 Å². The first-order valence-electron chi connectivity index (χ1n) is 10.0. The maximum atomic E-state index is 13.3. The molecule has 0 aliphatic heterocycles. The molecule has 0 radical (unpaired) electrons. The molecule has 0 spiro atoms. The zero-order valence-corrected chi connectivity index (χ0v) is 17.7. The van der Waals surface area contributed by atoms with Gasteiger partial charge in [-0.1, -0.05) is 60.5 Å². The zero-order valence-electron chi connectivity index (χ0n) is 17.7. The summed E-state index contributed by atoms with van der Waals surface area (Å²) < 4.78 is 0. The highest BCUT2D eigenvalue weighted by Gasteiger charge is 2.28. The summed E-state index contributed by atoms with van der Waals surface area (Å²) in [5, 5.41) is 2.88. The normalized spacial score (nSPS) is 11.8. The fourth-order valence-corrected chi connectivity index (χ4v) is 3.63. The van der Waals surface area contributed by atoms with Gasteiger partial charge in [-0.25, -0.2) is 0 Å². The molecule has 150 valence electrons. The SMILES string of the molecule is CCNC(=O)[C@@H](CC)N(Cc1ccccc1C)C(=O)Cc1cc(C)cc(C)c1. The minimum absolute atomic E-state index is 0.0219. The molecule has 0 aliphatic carbocycles. The lowest BCUT2D eigenvalue weighted by Gasteiger charge is -2.31. The molecule has 0 aromatic heterocycles. The molecule has 28 heavy (non-hydrogen) atoms. The Labute approximate surface area is 169 Å². The molecule has 0 bridgehead atoms. The Morgan fingerprint density at radius 1 is 1.00 bits per heavy atom. The van der Waals surface area contributed by atoms with E-state index in [-0.39, 0.29) is 11.8 Å². The number of amides is 2. The largest absolute Gasteiger partial charge is 0.355 e. The van der Waals surface area contributed by atoms with Crippen molar-refractivity contribution in [3.05, 3.63) is 70.3 Å². The Bertz CT molecular complexity index is 809. The molecule has 2 amide bonds. The van der Waals surface area contributed by atoms with E-state index in [1.807, 2.05) is 71.0 Å². The van der Waals surface area contributed by atoms with Gasteiger partial charge in [-0.05, 0) is 50.8 Å². The maximum absolute atomic E-state index is 13.3. The van der Waals surface area contributed by atoms with Crippen LogP contribution in [0.25, 0.3) is 0 Å². The highest BCUT2D eigenvalue weighted by Crippen LogP contribution is 2.18. The quantitative estimate of drug-likeness (QED) is 0.750. The van der Waals surface area contributed by atoms with Gasteiger partial charge in [0.05, 0.1) is 6.42 Å². The van der Waals surface area contributed by atoms with Gasteiger partial charge in [0, 0.05) is 13.1 Å². The highest BCUT2D eigenvalue weighted by molar-refractivity contribution is 5.88. The average Bonchev–Trinajstić information content (AvgIpc) is 2.62. The fraction of sp³-hybridized carbons (Fsp3) is 0.417. The molecule has 0 saturated heterocycles. The predicted molar refractivity (Wildman–Crippen MR) is 114 cm³/mol. The van der Waals surface area contributed by atoms with E-state index < -0.39 is 6.04 Å². The van der Waals surface area contributed by atoms with Gasteiger partial charge in [0.1, 0.15) is 6.04 Å². The third-order valence-corrected chi connectivity index (χ3v) is 4.98. The Morgan fingerprint density at radius 2 is 1.64 bits per heavy atom. The Morgan fingerprint density at radius 3 is 2.21 bits per heavy atom. The number of nitrogens with zero attached hydrogens (tertiary/aromatic N) is 1. The zero-order chi connectivity index (χ0) is 20.7. The molecule has 0 aliphatic rings. The minimum Gasteiger partial charge on any atom is -0.355 e. The van der Waals surface area contributed by atoms with Gasteiger partial charge in [-0.15, -0.1) is 0 Å². The van der Waals surface area contributed by atoms with Crippen molar-refractivity contribution in [3.63, 3.8) is 0 Å². The van der Waals surface area contributed by atoms with Crippen LogP contribution in [-0.4, -0.2) is 29.3 Å². The molecule has 2 aromatic carbocycles. The second-order valence-electron chi connectivity index (χ2n) is 7.44. The second-order valence-corrected chi connectivity index (χ2v) is 7.44. The summed E-state index contributed by atoms with van der Waals surface area (Å²) in [4.78, 5) is 27.7. The Hall–Kier alpha value is -2.62. The highest BCUT2D eigenvalue weighted by atomic mass is 16.2. The van der Waals surface area contributed by atoms with Gasteiger partial charge in [0.15, 0.2) is 0 Å². The number of likely N-dealkylation sites (N-methyl/N-ethyl adjacent to an activating group) is 1. The first-order valence-corrected chi connectivity index (χ1v) is 10.0. The summed E-state index contributed by atoms with van der Waals surface area (Å²) in [6.45, 7) is 11.0. The monoisotopic (exact) mass is 380 g/mol. The van der Waals surface area contributed by atoms with Crippen LogP contribution in [0, 0.1) is 20.8 Å². The van der Waals surface area contributed by atoms with Crippen molar-refractivity contribution < 1.29 is 9.59 Å². The van der Waals surface area contributed by atoms with Gasteiger partial charge in [0.25, 0.3) is 0 Å². The summed E-state index contributed by atoms with van der Waals surface area (Å²) in [5.74, 6) is -0.112. The summed E-state index contributed by atoms with van der Waals surface area (Å²) in [7, 11) is 0. The lowest BCUT2D eigenvalue weighted by atomic mass is 10.0. The van der Waals surface area contributed by atoms with Gasteiger partial charge in [-0.3, -0.25) is 9.59 Å². The van der Waals surface area contributed by atoms with Crippen LogP contribution in [0.4, 0.5) is 0 Å². The summed E-state index contributed by atoms with van der Waals surface area (Å²) in [5.41, 5.74) is 5.47. The predicted octanol–water partition coefficient (Wildman–Crippen LogP) is 4.10. The van der Waals surface area contributed by atoms with Crippen LogP contribution < -0.4 is 5.32 Å². The van der Waals surface area contributed by atoms with E-state index in [0.717, 1.165) is 27.8 Å². The third kappa shape index (κ3) is 5.69. The van der Waals surface area contributed by atoms with Crippen LogP contribution in [0.1, 0.15) is 48.1 Å². The molecule has 0 unspecified atom stereocenters. The number of carbonyl (C=O) groups is 2. The van der Waals surface area contributed by atoms with Crippen LogP contribution in [0.5, 0.6) is 0 Å². The maximum Gasteiger partial charge on any atom is 0.242 e. The van der Waals surface area contributed by atoms with Crippen LogP contribution in [0.3, 0.4) is 0 Å². The summed E-state index contributed by atoms with van der Waals surface area (Å²) in [6, 6.07) is 13.7. The fourth-order valence-electron chi connectivity index (χ4n) is 3.63. The van der Waals surface area contributed by atoms with Crippen molar-refractivity contribution in [3.8, 4) is 0 Å². The first kappa shape index (κ1) is 21.7. The molecular weight excluding hydrogens is 348 g/mol. The van der Waals surface area contributed by atoms with Crippen molar-refractivity contribution in [2.75, 3.05) is 6.54 Å². The molecule has 1 atom stereocenters. The number of nitrogens with one attached hydrogen (secondary N) is 1. The summed E-state index contributed by atoms with van der Waals surface area (Å²) >= 11 is 0. The standard InChI is InChI=1S/C24H32N2O2/c1-6-22(24(28)25-7-2)26(16-21-11-9-8-10-19(21)5)23(27)15-20-13-17(3)12-18(4)14-20/h8-14,22H,6-7,15-16H2,1-5H3,(H,25,28)/t22-/m1/s1.